The van der Waals surface area contributed by atoms with Gasteiger partial charge in [-0.2, -0.15) is 0 Å². The van der Waals surface area contributed by atoms with Crippen molar-refractivity contribution in [1.82, 2.24) is 5.48 Å². The fraction of sp³-hybridized carbons (Fsp3) is 0.846. The summed E-state index contributed by atoms with van der Waals surface area (Å²) in [7, 11) is 0. The van der Waals surface area contributed by atoms with E-state index in [1.165, 1.54) is 6.42 Å². The lowest BCUT2D eigenvalue weighted by Gasteiger charge is -2.01. The summed E-state index contributed by atoms with van der Waals surface area (Å²) in [4.78, 5) is 23.8. The number of unbranched alkanes of at least 4 members (excludes halogenated alkanes) is 1. The Morgan fingerprint density at radius 1 is 0.947 bits per heavy atom. The van der Waals surface area contributed by atoms with Crippen molar-refractivity contribution >= 4 is 11.9 Å². The third-order valence-electron chi connectivity index (χ3n) is 1.66. The van der Waals surface area contributed by atoms with Crippen LogP contribution in [0.25, 0.3) is 0 Å². The molecule has 0 aliphatic heterocycles. The molecule has 0 aromatic carbocycles. The summed E-state index contributed by atoms with van der Waals surface area (Å²) in [6.07, 6.45) is 3.93. The maximum atomic E-state index is 9.37. The minimum Gasteiger partial charge on any atom is -0.481 e. The molecule has 0 fully saturated rings. The van der Waals surface area contributed by atoms with Gasteiger partial charge in [0.2, 0.25) is 0 Å². The second-order valence-electron chi connectivity index (χ2n) is 3.59. The van der Waals surface area contributed by atoms with Gasteiger partial charge in [0.15, 0.2) is 0 Å². The average molecular weight is 279 g/mol. The van der Waals surface area contributed by atoms with E-state index in [4.69, 9.17) is 15.1 Å². The highest BCUT2D eigenvalue weighted by Crippen LogP contribution is 1.84. The molecule has 6 nitrogen and oxygen atoms in total. The van der Waals surface area contributed by atoms with Gasteiger partial charge in [0.1, 0.15) is 0 Å². The van der Waals surface area contributed by atoms with E-state index in [9.17, 15) is 9.59 Å². The summed E-state index contributed by atoms with van der Waals surface area (Å²) in [5, 5.41) is 15.4. The quantitative estimate of drug-likeness (QED) is 0.467. The average Bonchev–Trinajstić information content (AvgIpc) is 2.40. The van der Waals surface area contributed by atoms with E-state index in [2.05, 4.69) is 19.3 Å². The highest BCUT2D eigenvalue weighted by molar-refractivity contribution is 5.66. The van der Waals surface area contributed by atoms with Crippen molar-refractivity contribution in [2.45, 2.75) is 59.8 Å². The maximum absolute atomic E-state index is 9.37. The predicted molar refractivity (Wildman–Crippen MR) is 75.0 cm³/mol. The Morgan fingerprint density at radius 3 is 1.63 bits per heavy atom. The van der Waals surface area contributed by atoms with Gasteiger partial charge in [-0.25, -0.2) is 5.48 Å². The van der Waals surface area contributed by atoms with E-state index in [1.54, 1.807) is 13.8 Å². The fourth-order valence-corrected chi connectivity index (χ4v) is 0.463. The molecule has 0 spiro atoms. The maximum Gasteiger partial charge on any atom is 0.303 e. The highest BCUT2D eigenvalue weighted by atomic mass is 16.6. The smallest absolute Gasteiger partial charge is 0.303 e. The number of aliphatic carboxylic acids is 2. The first-order chi connectivity index (χ1) is 8.95. The van der Waals surface area contributed by atoms with Gasteiger partial charge < -0.3 is 15.1 Å². The number of rotatable bonds is 8. The van der Waals surface area contributed by atoms with Gasteiger partial charge in [0.05, 0.1) is 6.61 Å². The van der Waals surface area contributed by atoms with Crippen LogP contribution in [0.15, 0.2) is 0 Å². The van der Waals surface area contributed by atoms with Gasteiger partial charge in [0.25, 0.3) is 0 Å². The Labute approximate surface area is 116 Å². The fourth-order valence-electron chi connectivity index (χ4n) is 0.463. The second kappa shape index (κ2) is 22.1. The molecule has 0 heterocycles. The summed E-state index contributed by atoms with van der Waals surface area (Å²) in [5.74, 6) is -1.49. The minimum atomic E-state index is -0.745. The Balaban J connectivity index is -0.000000219. The first-order valence-corrected chi connectivity index (χ1v) is 6.74. The van der Waals surface area contributed by atoms with Crippen LogP contribution in [0.5, 0.6) is 0 Å². The zero-order valence-electron chi connectivity index (χ0n) is 12.6. The van der Waals surface area contributed by atoms with Crippen LogP contribution in [0.4, 0.5) is 0 Å². The number of hydroxylamine groups is 1. The van der Waals surface area contributed by atoms with Crippen LogP contribution in [0.3, 0.4) is 0 Å². The van der Waals surface area contributed by atoms with Crippen LogP contribution in [0.2, 0.25) is 0 Å². The van der Waals surface area contributed by atoms with E-state index in [1.807, 2.05) is 0 Å². The van der Waals surface area contributed by atoms with Gasteiger partial charge in [-0.15, -0.1) is 0 Å². The molecule has 0 aromatic heterocycles. The number of carboxylic acid groups (broad SMARTS) is 2. The molecule has 0 saturated heterocycles. The van der Waals surface area contributed by atoms with Crippen molar-refractivity contribution in [3.8, 4) is 0 Å². The molecule has 116 valence electrons. The number of carbonyl (C=O) groups is 2. The van der Waals surface area contributed by atoms with Gasteiger partial charge in [0, 0.05) is 19.4 Å². The van der Waals surface area contributed by atoms with Gasteiger partial charge >= 0.3 is 11.9 Å². The van der Waals surface area contributed by atoms with Crippen molar-refractivity contribution in [1.29, 1.82) is 0 Å². The van der Waals surface area contributed by atoms with Gasteiger partial charge in [-0.1, -0.05) is 34.1 Å². The van der Waals surface area contributed by atoms with Gasteiger partial charge in [-0.05, 0) is 12.8 Å². The van der Waals surface area contributed by atoms with Crippen LogP contribution >= 0.6 is 0 Å². The number of carboxylic acids is 2. The first kappa shape index (κ1) is 23.0. The third kappa shape index (κ3) is 47.4. The zero-order valence-corrected chi connectivity index (χ0v) is 12.6. The van der Waals surface area contributed by atoms with E-state index in [0.29, 0.717) is 0 Å². The molecule has 0 unspecified atom stereocenters. The molecule has 0 aromatic rings. The highest BCUT2D eigenvalue weighted by Gasteiger charge is 1.83. The van der Waals surface area contributed by atoms with Crippen LogP contribution in [0.1, 0.15) is 59.8 Å². The van der Waals surface area contributed by atoms with Crippen molar-refractivity contribution in [3.05, 3.63) is 0 Å². The normalized spacial score (nSPS) is 8.63. The number of nitrogens with one attached hydrogen (secondary N) is 1. The molecule has 3 N–H and O–H groups in total. The van der Waals surface area contributed by atoms with Crippen molar-refractivity contribution < 1.29 is 24.6 Å². The van der Waals surface area contributed by atoms with Crippen molar-refractivity contribution in [2.24, 2.45) is 0 Å². The van der Waals surface area contributed by atoms with E-state index >= 15 is 0 Å². The molecule has 19 heavy (non-hydrogen) atoms. The molecule has 0 rings (SSSR count). The summed E-state index contributed by atoms with van der Waals surface area (Å²) in [5.41, 5.74) is 2.87. The molecule has 0 radical (unpaired) electrons. The molecule has 0 aliphatic carbocycles. The predicted octanol–water partition coefficient (Wildman–Crippen LogP) is 2.68. The van der Waals surface area contributed by atoms with Crippen LogP contribution in [0, 0.1) is 0 Å². The Kier molecular flexibility index (Phi) is 26.7. The summed E-state index contributed by atoms with van der Waals surface area (Å²) in [6, 6.07) is 0. The Morgan fingerprint density at radius 2 is 1.37 bits per heavy atom. The monoisotopic (exact) mass is 279 g/mol. The van der Waals surface area contributed by atoms with Crippen molar-refractivity contribution in [2.75, 3.05) is 13.2 Å². The van der Waals surface area contributed by atoms with E-state index < -0.39 is 11.9 Å². The molecule has 6 heteroatoms. The van der Waals surface area contributed by atoms with Crippen molar-refractivity contribution in [3.63, 3.8) is 0 Å². The van der Waals surface area contributed by atoms with Crippen LogP contribution in [-0.2, 0) is 14.4 Å². The largest absolute Gasteiger partial charge is 0.481 e. The standard InChI is InChI=1S/C7H17NO.2C3H6O2/c1-3-5-7-9-8-6-4-2;2*1-2-3(4)5/h8H,3-7H2,1-2H3;2*2H2,1H3,(H,4,5). The molecule has 0 atom stereocenters. The lowest BCUT2D eigenvalue weighted by molar-refractivity contribution is -0.137. The van der Waals surface area contributed by atoms with E-state index in [0.717, 1.165) is 26.0 Å². The molecular formula is C13H29NO5. The van der Waals surface area contributed by atoms with E-state index in [-0.39, 0.29) is 12.8 Å². The zero-order chi connectivity index (χ0) is 15.5. The topological polar surface area (TPSA) is 95.9 Å². The SMILES string of the molecule is CCC(=O)O.CCC(=O)O.CCCCONCCC. The molecule has 0 amide bonds. The van der Waals surface area contributed by atoms with Crippen LogP contribution < -0.4 is 5.48 Å². The molecule has 0 bridgehead atoms. The molecular weight excluding hydrogens is 250 g/mol. The summed E-state index contributed by atoms with van der Waals surface area (Å²) < 4.78 is 0. The number of hydrogen-bond acceptors (Lipinski definition) is 4. The Bertz CT molecular complexity index is 177. The lowest BCUT2D eigenvalue weighted by atomic mass is 10.4. The third-order valence-corrected chi connectivity index (χ3v) is 1.66. The Hall–Kier alpha value is -1.14. The first-order valence-electron chi connectivity index (χ1n) is 6.74. The second-order valence-corrected chi connectivity index (χ2v) is 3.59. The molecule has 0 saturated carbocycles. The number of hydrogen-bond donors (Lipinski definition) is 3. The molecule has 0 aliphatic rings. The summed E-state index contributed by atoms with van der Waals surface area (Å²) in [6.45, 7) is 9.28. The van der Waals surface area contributed by atoms with Gasteiger partial charge in [-0.3, -0.25) is 9.59 Å². The van der Waals surface area contributed by atoms with Crippen LogP contribution in [-0.4, -0.2) is 35.3 Å². The minimum absolute atomic E-state index is 0.222. The summed E-state index contributed by atoms with van der Waals surface area (Å²) >= 11 is 0. The lowest BCUT2D eigenvalue weighted by Crippen LogP contribution is -2.15.